The minimum absolute atomic E-state index is 0.0245. The number of aliphatic hydroxyl groups is 1. The van der Waals surface area contributed by atoms with Crippen LogP contribution in [0.5, 0.6) is 0 Å². The number of hydrogen-bond acceptors (Lipinski definition) is 7. The topological polar surface area (TPSA) is 121 Å². The molecule has 9 nitrogen and oxygen atoms in total. The highest BCUT2D eigenvalue weighted by atomic mass is 79.9. The molecule has 0 spiro atoms. The molecule has 1 aliphatic heterocycles. The van der Waals surface area contributed by atoms with Crippen molar-refractivity contribution in [3.05, 3.63) is 41.0 Å². The van der Waals surface area contributed by atoms with E-state index in [4.69, 9.17) is 4.74 Å². The van der Waals surface area contributed by atoms with Crippen molar-refractivity contribution in [2.24, 2.45) is 5.41 Å². The monoisotopic (exact) mass is 608 g/mol. The molecule has 3 amide bonds. The lowest BCUT2D eigenvalue weighted by Crippen LogP contribution is -2.58. The summed E-state index contributed by atoms with van der Waals surface area (Å²) in [7, 11) is 0. The molecule has 208 valence electrons. The van der Waals surface area contributed by atoms with Crippen LogP contribution in [-0.4, -0.2) is 76.0 Å². The van der Waals surface area contributed by atoms with E-state index in [-0.39, 0.29) is 31.5 Å². The number of hydrogen-bond donors (Lipinski definition) is 3. The largest absolute Gasteiger partial charge is 0.391 e. The summed E-state index contributed by atoms with van der Waals surface area (Å²) < 4.78 is 5.27. The number of carbonyl (C=O) groups is 3. The summed E-state index contributed by atoms with van der Waals surface area (Å²) in [4.78, 5) is 46.2. The Hall–Kier alpha value is -2.34. The summed E-state index contributed by atoms with van der Waals surface area (Å²) in [6.07, 6.45) is -0.696. The van der Waals surface area contributed by atoms with Crippen LogP contribution < -0.4 is 10.6 Å². The van der Waals surface area contributed by atoms with Crippen LogP contribution in [0.4, 0.5) is 0 Å². The molecule has 0 bridgehead atoms. The van der Waals surface area contributed by atoms with E-state index in [9.17, 15) is 19.5 Å². The number of rotatable bonds is 10. The van der Waals surface area contributed by atoms with Crippen molar-refractivity contribution in [3.8, 4) is 10.4 Å². The maximum absolute atomic E-state index is 13.6. The van der Waals surface area contributed by atoms with Crippen LogP contribution in [0.2, 0.25) is 0 Å². The highest BCUT2D eigenvalue weighted by Gasteiger charge is 2.44. The Bertz CT molecular complexity index is 1120. The van der Waals surface area contributed by atoms with Gasteiger partial charge in [-0.05, 0) is 30.4 Å². The van der Waals surface area contributed by atoms with Crippen molar-refractivity contribution >= 4 is 45.0 Å². The van der Waals surface area contributed by atoms with Crippen molar-refractivity contribution < 1.29 is 24.2 Å². The number of β-amino-alcohol motifs (C(OH)–C–C–N with tert-alkyl or cyclic N) is 1. The molecule has 1 fully saturated rings. The van der Waals surface area contributed by atoms with Gasteiger partial charge in [0, 0.05) is 18.3 Å². The van der Waals surface area contributed by atoms with Gasteiger partial charge in [-0.15, -0.1) is 11.3 Å². The van der Waals surface area contributed by atoms with Crippen LogP contribution in [0.15, 0.2) is 29.8 Å². The van der Waals surface area contributed by atoms with Gasteiger partial charge < -0.3 is 25.4 Å². The first-order chi connectivity index (χ1) is 17.9. The van der Waals surface area contributed by atoms with Gasteiger partial charge in [0.05, 0.1) is 34.8 Å². The third kappa shape index (κ3) is 7.62. The molecular formula is C27H37BrN4O5S. The Morgan fingerprint density at radius 2 is 1.92 bits per heavy atom. The number of likely N-dealkylation sites (tertiary alicyclic amines) is 1. The number of carbonyl (C=O) groups excluding carboxylic acids is 3. The van der Waals surface area contributed by atoms with Crippen LogP contribution >= 0.6 is 27.3 Å². The van der Waals surface area contributed by atoms with E-state index in [1.807, 2.05) is 64.4 Å². The van der Waals surface area contributed by atoms with E-state index in [0.717, 1.165) is 21.7 Å². The average molecular weight is 610 g/mol. The first kappa shape index (κ1) is 30.2. The lowest BCUT2D eigenvalue weighted by molar-refractivity contribution is -0.144. The molecule has 4 atom stereocenters. The first-order valence-electron chi connectivity index (χ1n) is 12.6. The molecule has 38 heavy (non-hydrogen) atoms. The van der Waals surface area contributed by atoms with Gasteiger partial charge >= 0.3 is 0 Å². The van der Waals surface area contributed by atoms with Gasteiger partial charge in [0.25, 0.3) is 0 Å². The zero-order valence-electron chi connectivity index (χ0n) is 22.5. The highest BCUT2D eigenvalue weighted by Crippen LogP contribution is 2.29. The third-order valence-electron chi connectivity index (χ3n) is 6.51. The molecule has 2 heterocycles. The van der Waals surface area contributed by atoms with Crippen molar-refractivity contribution in [2.45, 2.75) is 65.3 Å². The Kier molecular flexibility index (Phi) is 10.4. The molecule has 11 heteroatoms. The van der Waals surface area contributed by atoms with Crippen LogP contribution in [0.1, 0.15) is 51.4 Å². The molecule has 0 unspecified atom stereocenters. The van der Waals surface area contributed by atoms with Crippen molar-refractivity contribution in [3.63, 3.8) is 0 Å². The second-order valence-electron chi connectivity index (χ2n) is 10.6. The SMILES string of the molecule is Cc1ncsc1-c1ccc([C@H](C)NC(=O)[C@@H]2C[C@@H](O)CN2C(=O)[C@@H](NC(=O)COCCBr)C(C)(C)C)cc1. The van der Waals surface area contributed by atoms with Crippen molar-refractivity contribution in [1.29, 1.82) is 0 Å². The van der Waals surface area contributed by atoms with Gasteiger partial charge in [-0.1, -0.05) is 61.0 Å². The van der Waals surface area contributed by atoms with E-state index >= 15 is 0 Å². The van der Waals surface area contributed by atoms with Gasteiger partial charge in [0.2, 0.25) is 17.7 Å². The Morgan fingerprint density at radius 1 is 1.24 bits per heavy atom. The van der Waals surface area contributed by atoms with Gasteiger partial charge in [-0.3, -0.25) is 14.4 Å². The summed E-state index contributed by atoms with van der Waals surface area (Å²) in [6.45, 7) is 9.61. The van der Waals surface area contributed by atoms with E-state index < -0.39 is 35.4 Å². The molecule has 0 saturated carbocycles. The number of aromatic nitrogens is 1. The van der Waals surface area contributed by atoms with Crippen LogP contribution in [-0.2, 0) is 19.1 Å². The fourth-order valence-corrected chi connectivity index (χ4v) is 5.48. The molecule has 2 aromatic rings. The summed E-state index contributed by atoms with van der Waals surface area (Å²) in [5, 5.41) is 16.7. The third-order valence-corrected chi connectivity index (χ3v) is 7.82. The predicted octanol–water partition coefficient (Wildman–Crippen LogP) is 3.20. The Balaban J connectivity index is 1.69. The summed E-state index contributed by atoms with van der Waals surface area (Å²) in [5.74, 6) is -1.16. The number of aliphatic hydroxyl groups excluding tert-OH is 1. The van der Waals surface area contributed by atoms with Crippen LogP contribution in [0.25, 0.3) is 10.4 Å². The van der Waals surface area contributed by atoms with E-state index in [2.05, 4.69) is 31.5 Å². The molecule has 3 rings (SSSR count). The Morgan fingerprint density at radius 3 is 2.50 bits per heavy atom. The fraction of sp³-hybridized carbons (Fsp3) is 0.556. The molecule has 3 N–H and O–H groups in total. The number of nitrogens with one attached hydrogen (secondary N) is 2. The first-order valence-corrected chi connectivity index (χ1v) is 14.6. The van der Waals surface area contributed by atoms with E-state index in [0.29, 0.717) is 11.9 Å². The zero-order chi connectivity index (χ0) is 28.0. The number of ether oxygens (including phenoxy) is 1. The number of nitrogens with zero attached hydrogens (tertiary/aromatic N) is 2. The maximum Gasteiger partial charge on any atom is 0.246 e. The number of aryl methyl sites for hydroxylation is 1. The maximum atomic E-state index is 13.6. The minimum Gasteiger partial charge on any atom is -0.391 e. The lowest BCUT2D eigenvalue weighted by atomic mass is 9.85. The van der Waals surface area contributed by atoms with Crippen molar-refractivity contribution in [2.75, 3.05) is 25.1 Å². The number of benzene rings is 1. The quantitative estimate of drug-likeness (QED) is 0.281. The van der Waals surface area contributed by atoms with Gasteiger partial charge in [0.15, 0.2) is 0 Å². The molecule has 0 radical (unpaired) electrons. The lowest BCUT2D eigenvalue weighted by Gasteiger charge is -2.35. The second-order valence-corrected chi connectivity index (χ2v) is 12.3. The average Bonchev–Trinajstić information content (AvgIpc) is 3.47. The van der Waals surface area contributed by atoms with Gasteiger partial charge in [-0.2, -0.15) is 0 Å². The highest BCUT2D eigenvalue weighted by molar-refractivity contribution is 9.09. The minimum atomic E-state index is -0.886. The van der Waals surface area contributed by atoms with Gasteiger partial charge in [0.1, 0.15) is 18.7 Å². The number of amides is 3. The standard InChI is InChI=1S/C27H37BrN4O5S/c1-16(18-6-8-19(9-7-18)23-17(2)29-15-38-23)30-25(35)21-12-20(33)13-32(21)26(36)24(27(3,4)5)31-22(34)14-37-11-10-28/h6-9,15-16,20-21,24,33H,10-14H2,1-5H3,(H,30,35)(H,31,34)/t16-,20+,21-,24+/m0/s1. The summed E-state index contributed by atoms with van der Waals surface area (Å²) >= 11 is 4.82. The Labute approximate surface area is 236 Å². The molecule has 0 aliphatic carbocycles. The normalized spacial score (nSPS) is 19.2. The number of thiazole rings is 1. The van der Waals surface area contributed by atoms with E-state index in [1.165, 1.54) is 4.90 Å². The van der Waals surface area contributed by atoms with Crippen LogP contribution in [0, 0.1) is 12.3 Å². The van der Waals surface area contributed by atoms with Crippen LogP contribution in [0.3, 0.4) is 0 Å². The number of alkyl halides is 1. The molecular weight excluding hydrogens is 572 g/mol. The number of halogens is 1. The summed E-state index contributed by atoms with van der Waals surface area (Å²) in [6, 6.07) is 5.91. The molecule has 1 aromatic carbocycles. The zero-order valence-corrected chi connectivity index (χ0v) is 24.9. The summed E-state index contributed by atoms with van der Waals surface area (Å²) in [5.41, 5.74) is 4.16. The molecule has 1 saturated heterocycles. The predicted molar refractivity (Wildman–Crippen MR) is 151 cm³/mol. The smallest absolute Gasteiger partial charge is 0.246 e. The van der Waals surface area contributed by atoms with Gasteiger partial charge in [-0.25, -0.2) is 4.98 Å². The molecule has 1 aromatic heterocycles. The van der Waals surface area contributed by atoms with E-state index in [1.54, 1.807) is 11.3 Å². The van der Waals surface area contributed by atoms with Crippen molar-refractivity contribution in [1.82, 2.24) is 20.5 Å². The second kappa shape index (κ2) is 13.1. The fourth-order valence-electron chi connectivity index (χ4n) is 4.44. The molecule has 1 aliphatic rings.